The lowest BCUT2D eigenvalue weighted by Crippen LogP contribution is -2.41. The fraction of sp³-hybridized carbons (Fsp3) is 0.500. The molecular weight excluding hydrogens is 296 g/mol. The number of pyridine rings is 1. The lowest BCUT2D eigenvalue weighted by atomic mass is 10.0. The number of rotatable bonds is 4. The van der Waals surface area contributed by atoms with Gasteiger partial charge >= 0.3 is 0 Å². The largest absolute Gasteiger partial charge is 0.378 e. The molecule has 2 amide bonds. The molecule has 0 spiro atoms. The van der Waals surface area contributed by atoms with Crippen molar-refractivity contribution < 1.29 is 14.3 Å². The number of aromatic nitrogens is 1. The molecular formula is C16H20N4O3. The van der Waals surface area contributed by atoms with Crippen LogP contribution < -0.4 is 4.90 Å². The molecule has 1 aromatic rings. The minimum absolute atomic E-state index is 0.00146. The number of ether oxygens (including phenoxy) is 1. The number of hydrogen-bond donors (Lipinski definition) is 0. The van der Waals surface area contributed by atoms with Crippen LogP contribution in [-0.2, 0) is 14.3 Å². The lowest BCUT2D eigenvalue weighted by molar-refractivity contribution is -0.126. The van der Waals surface area contributed by atoms with Crippen LogP contribution in [0.1, 0.15) is 19.5 Å². The Hall–Kier alpha value is -2.28. The van der Waals surface area contributed by atoms with Gasteiger partial charge in [0.25, 0.3) is 5.91 Å². The van der Waals surface area contributed by atoms with Gasteiger partial charge in [0.15, 0.2) is 5.84 Å². The number of carbonyl (C=O) groups is 2. The summed E-state index contributed by atoms with van der Waals surface area (Å²) < 4.78 is 5.34. The molecule has 3 rings (SSSR count). The highest BCUT2D eigenvalue weighted by atomic mass is 16.5. The first-order valence-electron chi connectivity index (χ1n) is 7.77. The number of amides is 2. The molecule has 0 aromatic carbocycles. The van der Waals surface area contributed by atoms with Crippen molar-refractivity contribution in [1.82, 2.24) is 9.88 Å². The van der Waals surface area contributed by atoms with Crippen molar-refractivity contribution in [3.05, 3.63) is 24.0 Å². The van der Waals surface area contributed by atoms with Crippen molar-refractivity contribution in [2.75, 3.05) is 31.2 Å². The van der Waals surface area contributed by atoms with Crippen LogP contribution in [0.5, 0.6) is 0 Å². The molecule has 1 unspecified atom stereocenters. The first-order chi connectivity index (χ1) is 11.1. The Kier molecular flexibility index (Phi) is 4.38. The monoisotopic (exact) mass is 316 g/mol. The predicted molar refractivity (Wildman–Crippen MR) is 85.3 cm³/mol. The van der Waals surface area contributed by atoms with Gasteiger partial charge in [-0.1, -0.05) is 13.8 Å². The summed E-state index contributed by atoms with van der Waals surface area (Å²) in [6.45, 7) is 6.86. The molecule has 0 radical (unpaired) electrons. The summed E-state index contributed by atoms with van der Waals surface area (Å²) in [4.78, 5) is 35.5. The number of aliphatic imine (C=N–C) groups is 1. The Bertz CT molecular complexity index is 621. The maximum absolute atomic E-state index is 12.0. The van der Waals surface area contributed by atoms with Gasteiger partial charge in [-0.3, -0.25) is 19.5 Å². The van der Waals surface area contributed by atoms with Crippen LogP contribution in [0.2, 0.25) is 0 Å². The van der Waals surface area contributed by atoms with E-state index in [1.165, 1.54) is 4.90 Å². The van der Waals surface area contributed by atoms with E-state index >= 15 is 0 Å². The Morgan fingerprint density at radius 3 is 2.61 bits per heavy atom. The molecule has 1 fully saturated rings. The fourth-order valence-electron chi connectivity index (χ4n) is 2.92. The van der Waals surface area contributed by atoms with E-state index in [0.29, 0.717) is 31.2 Å². The molecule has 0 N–H and O–H groups in total. The van der Waals surface area contributed by atoms with E-state index in [0.717, 1.165) is 18.8 Å². The van der Waals surface area contributed by atoms with E-state index in [-0.39, 0.29) is 11.8 Å². The summed E-state index contributed by atoms with van der Waals surface area (Å²) >= 11 is 0. The minimum atomic E-state index is -0.539. The van der Waals surface area contributed by atoms with Crippen molar-refractivity contribution >= 4 is 23.8 Å². The third-order valence-corrected chi connectivity index (χ3v) is 4.11. The van der Waals surface area contributed by atoms with Crippen LogP contribution in [0.15, 0.2) is 23.3 Å². The Balaban J connectivity index is 1.82. The molecule has 0 aliphatic carbocycles. The quantitative estimate of drug-likeness (QED) is 0.764. The maximum atomic E-state index is 12.0. The molecule has 3 heterocycles. The summed E-state index contributed by atoms with van der Waals surface area (Å²) in [5, 5.41) is 0. The molecule has 23 heavy (non-hydrogen) atoms. The molecule has 2 aliphatic rings. The number of anilines is 1. The minimum Gasteiger partial charge on any atom is -0.378 e. The first-order valence-corrected chi connectivity index (χ1v) is 7.77. The van der Waals surface area contributed by atoms with E-state index in [1.807, 2.05) is 19.9 Å². The molecule has 1 aromatic heterocycles. The molecule has 1 atom stereocenters. The van der Waals surface area contributed by atoms with Gasteiger partial charge in [0.2, 0.25) is 6.41 Å². The Labute approximate surface area is 135 Å². The van der Waals surface area contributed by atoms with Gasteiger partial charge in [-0.05, 0) is 18.1 Å². The van der Waals surface area contributed by atoms with E-state index in [2.05, 4.69) is 14.9 Å². The smallest absolute Gasteiger partial charge is 0.271 e. The number of amidine groups is 1. The van der Waals surface area contributed by atoms with Crippen LogP contribution in [0.3, 0.4) is 0 Å². The van der Waals surface area contributed by atoms with E-state index in [1.54, 1.807) is 12.3 Å². The topological polar surface area (TPSA) is 75.1 Å². The van der Waals surface area contributed by atoms with Crippen molar-refractivity contribution in [2.24, 2.45) is 10.9 Å². The fourth-order valence-corrected chi connectivity index (χ4v) is 2.92. The molecule has 0 bridgehead atoms. The van der Waals surface area contributed by atoms with Gasteiger partial charge in [0.1, 0.15) is 11.7 Å². The van der Waals surface area contributed by atoms with Crippen LogP contribution in [0.4, 0.5) is 5.69 Å². The Morgan fingerprint density at radius 2 is 2.04 bits per heavy atom. The van der Waals surface area contributed by atoms with Crippen molar-refractivity contribution in [3.63, 3.8) is 0 Å². The van der Waals surface area contributed by atoms with Crippen molar-refractivity contribution in [2.45, 2.75) is 19.9 Å². The zero-order valence-electron chi connectivity index (χ0n) is 13.3. The van der Waals surface area contributed by atoms with E-state index in [9.17, 15) is 9.59 Å². The molecule has 122 valence electrons. The zero-order valence-corrected chi connectivity index (χ0v) is 13.3. The summed E-state index contributed by atoms with van der Waals surface area (Å²) in [5.41, 5.74) is 1.53. The van der Waals surface area contributed by atoms with E-state index in [4.69, 9.17) is 4.74 Å². The summed E-state index contributed by atoms with van der Waals surface area (Å²) in [6, 6.07) is 3.20. The molecule has 0 saturated carbocycles. The summed E-state index contributed by atoms with van der Waals surface area (Å²) in [7, 11) is 0. The predicted octanol–water partition coefficient (Wildman–Crippen LogP) is 0.688. The number of carbonyl (C=O) groups excluding carboxylic acids is 2. The van der Waals surface area contributed by atoms with Gasteiger partial charge < -0.3 is 9.64 Å². The van der Waals surface area contributed by atoms with Gasteiger partial charge in [-0.25, -0.2) is 0 Å². The summed E-state index contributed by atoms with van der Waals surface area (Å²) in [6.07, 6.45) is 2.41. The molecule has 2 aliphatic heterocycles. The second kappa shape index (κ2) is 6.45. The highest BCUT2D eigenvalue weighted by Gasteiger charge is 2.38. The Morgan fingerprint density at radius 1 is 1.30 bits per heavy atom. The summed E-state index contributed by atoms with van der Waals surface area (Å²) in [5.74, 6) is 0.0416. The number of nitrogens with zero attached hydrogens (tertiary/aromatic N) is 4. The number of morpholine rings is 1. The highest BCUT2D eigenvalue weighted by Crippen LogP contribution is 2.22. The standard InChI is InChI=1S/C16H20N4O3/c1-11(2)14-16(22)18-15(20(14)10-21)13-4-3-12(9-17-13)19-5-7-23-8-6-19/h3-4,9-11,14H,5-8H2,1-2H3. The van der Waals surface area contributed by atoms with Crippen molar-refractivity contribution in [3.8, 4) is 0 Å². The van der Waals surface area contributed by atoms with Crippen LogP contribution in [-0.4, -0.2) is 60.4 Å². The first kappa shape index (κ1) is 15.6. The lowest BCUT2D eigenvalue weighted by Gasteiger charge is -2.28. The zero-order chi connectivity index (χ0) is 16.4. The second-order valence-corrected chi connectivity index (χ2v) is 5.98. The normalized spacial score (nSPS) is 21.8. The SMILES string of the molecule is CC(C)C1C(=O)N=C(c2ccc(N3CCOCC3)cn2)N1C=O. The highest BCUT2D eigenvalue weighted by molar-refractivity contribution is 6.15. The molecule has 7 heteroatoms. The van der Waals surface area contributed by atoms with Gasteiger partial charge in [0.05, 0.1) is 25.1 Å². The van der Waals surface area contributed by atoms with Gasteiger partial charge in [0, 0.05) is 13.1 Å². The second-order valence-electron chi connectivity index (χ2n) is 5.98. The van der Waals surface area contributed by atoms with Gasteiger partial charge in [-0.2, -0.15) is 4.99 Å². The maximum Gasteiger partial charge on any atom is 0.271 e. The average molecular weight is 316 g/mol. The molecule has 1 saturated heterocycles. The average Bonchev–Trinajstić information content (AvgIpc) is 2.92. The van der Waals surface area contributed by atoms with Crippen LogP contribution in [0.25, 0.3) is 0 Å². The van der Waals surface area contributed by atoms with Gasteiger partial charge in [-0.15, -0.1) is 0 Å². The third-order valence-electron chi connectivity index (χ3n) is 4.11. The number of hydrogen-bond acceptors (Lipinski definition) is 5. The van der Waals surface area contributed by atoms with E-state index < -0.39 is 6.04 Å². The van der Waals surface area contributed by atoms with Crippen LogP contribution in [0, 0.1) is 5.92 Å². The van der Waals surface area contributed by atoms with Crippen molar-refractivity contribution in [1.29, 1.82) is 0 Å². The molecule has 7 nitrogen and oxygen atoms in total. The third kappa shape index (κ3) is 2.96. The van der Waals surface area contributed by atoms with Crippen LogP contribution >= 0.6 is 0 Å².